The summed E-state index contributed by atoms with van der Waals surface area (Å²) in [6.45, 7) is 1.85. The Morgan fingerprint density at radius 2 is 1.66 bits per heavy atom. The number of hydrogen-bond acceptors (Lipinski definition) is 5. The first kappa shape index (κ1) is 24.7. The number of rotatable bonds is 9. The molecule has 0 radical (unpaired) electrons. The van der Waals surface area contributed by atoms with Crippen LogP contribution in [0, 0.1) is 5.92 Å². The Kier molecular flexibility index (Phi) is 7.70. The van der Waals surface area contributed by atoms with Crippen LogP contribution in [-0.4, -0.2) is 55.0 Å². The van der Waals surface area contributed by atoms with Crippen molar-refractivity contribution >= 4 is 18.0 Å². The molecular weight excluding hydrogens is 448 g/mol. The summed E-state index contributed by atoms with van der Waals surface area (Å²) in [7, 11) is 1.48. The molecule has 35 heavy (non-hydrogen) atoms. The largest absolute Gasteiger partial charge is 0.481 e. The highest BCUT2D eigenvalue weighted by Gasteiger charge is 2.34. The second kappa shape index (κ2) is 10.9. The lowest BCUT2D eigenvalue weighted by Crippen LogP contribution is -2.54. The molecule has 0 spiro atoms. The van der Waals surface area contributed by atoms with Crippen LogP contribution in [0.1, 0.15) is 49.7 Å². The van der Waals surface area contributed by atoms with E-state index in [1.165, 1.54) is 7.11 Å². The molecular formula is C27H32N2O6. The number of carbonyl (C=O) groups excluding carboxylic acids is 2. The van der Waals surface area contributed by atoms with Crippen LogP contribution in [0.3, 0.4) is 0 Å². The number of carbonyl (C=O) groups is 3. The third kappa shape index (κ3) is 5.65. The summed E-state index contributed by atoms with van der Waals surface area (Å²) in [6, 6.07) is 15.1. The van der Waals surface area contributed by atoms with Gasteiger partial charge in [-0.15, -0.1) is 0 Å². The number of benzene rings is 2. The van der Waals surface area contributed by atoms with Gasteiger partial charge in [0.1, 0.15) is 12.6 Å². The maximum absolute atomic E-state index is 13.0. The van der Waals surface area contributed by atoms with Crippen LogP contribution in [0.4, 0.5) is 4.79 Å². The molecule has 0 aliphatic heterocycles. The van der Waals surface area contributed by atoms with E-state index < -0.39 is 24.2 Å². The van der Waals surface area contributed by atoms with Gasteiger partial charge in [0, 0.05) is 25.5 Å². The van der Waals surface area contributed by atoms with Crippen LogP contribution < -0.4 is 10.6 Å². The molecule has 0 bridgehead atoms. The minimum Gasteiger partial charge on any atom is -0.481 e. The number of fused-ring (bicyclic) bond motifs is 3. The minimum absolute atomic E-state index is 0.0474. The highest BCUT2D eigenvalue weighted by Crippen LogP contribution is 2.44. The number of carboxylic acids is 1. The van der Waals surface area contributed by atoms with Crippen molar-refractivity contribution in [2.24, 2.45) is 5.92 Å². The lowest BCUT2D eigenvalue weighted by molar-refractivity contribution is -0.138. The van der Waals surface area contributed by atoms with E-state index in [1.807, 2.05) is 36.4 Å². The van der Waals surface area contributed by atoms with Gasteiger partial charge in [-0.1, -0.05) is 48.5 Å². The smallest absolute Gasteiger partial charge is 0.407 e. The third-order valence-electron chi connectivity index (χ3n) is 7.09. The van der Waals surface area contributed by atoms with Gasteiger partial charge in [0.05, 0.1) is 6.10 Å². The first-order valence-corrected chi connectivity index (χ1v) is 12.0. The van der Waals surface area contributed by atoms with E-state index >= 15 is 0 Å². The van der Waals surface area contributed by atoms with Crippen LogP contribution in [0.2, 0.25) is 0 Å². The van der Waals surface area contributed by atoms with E-state index in [0.29, 0.717) is 12.8 Å². The highest BCUT2D eigenvalue weighted by atomic mass is 16.5. The molecule has 0 aromatic heterocycles. The van der Waals surface area contributed by atoms with Gasteiger partial charge in [-0.2, -0.15) is 0 Å². The van der Waals surface area contributed by atoms with Gasteiger partial charge in [-0.3, -0.25) is 9.59 Å². The number of hydrogen-bond donors (Lipinski definition) is 3. The Balaban J connectivity index is 1.36. The Morgan fingerprint density at radius 1 is 1.03 bits per heavy atom. The van der Waals surface area contributed by atoms with Crippen molar-refractivity contribution in [1.82, 2.24) is 10.6 Å². The highest BCUT2D eigenvalue weighted by molar-refractivity contribution is 5.86. The van der Waals surface area contributed by atoms with E-state index in [2.05, 4.69) is 22.8 Å². The standard InChI is InChI=1S/C27H32N2O6/c1-16(34-2)25(26(32)28-18-12-11-17(13-18)14-24(30)31)29-27(33)35-15-23-21-9-5-3-7-19(21)20-8-4-6-10-22(20)23/h3-10,16-18,23,25H,11-15H2,1-2H3,(H,28,32)(H,29,33)(H,30,31)/t16-,17+,18-,25+/m1/s1. The quantitative estimate of drug-likeness (QED) is 0.504. The molecule has 2 aliphatic rings. The summed E-state index contributed by atoms with van der Waals surface area (Å²) in [5.74, 6) is -1.23. The molecule has 4 rings (SSSR count). The number of methoxy groups -OCH3 is 1. The van der Waals surface area contributed by atoms with Crippen molar-refractivity contribution in [2.75, 3.05) is 13.7 Å². The third-order valence-corrected chi connectivity index (χ3v) is 7.09. The Bertz CT molecular complexity index is 1040. The number of amides is 2. The number of alkyl carbamates (subject to hydrolysis) is 1. The number of aliphatic carboxylic acids is 1. The predicted molar refractivity (Wildman–Crippen MR) is 130 cm³/mol. The van der Waals surface area contributed by atoms with E-state index in [9.17, 15) is 14.4 Å². The van der Waals surface area contributed by atoms with Crippen LogP contribution >= 0.6 is 0 Å². The molecule has 4 atom stereocenters. The lowest BCUT2D eigenvalue weighted by atomic mass is 9.98. The molecule has 2 aromatic rings. The molecule has 2 aromatic carbocycles. The molecule has 1 fully saturated rings. The van der Waals surface area contributed by atoms with E-state index in [-0.39, 0.29) is 36.8 Å². The fourth-order valence-electron chi connectivity index (χ4n) is 5.23. The molecule has 3 N–H and O–H groups in total. The molecule has 8 heteroatoms. The molecule has 0 heterocycles. The van der Waals surface area contributed by atoms with E-state index in [1.54, 1.807) is 6.92 Å². The molecule has 8 nitrogen and oxygen atoms in total. The molecule has 0 saturated heterocycles. The number of nitrogens with one attached hydrogen (secondary N) is 2. The Labute approximate surface area is 205 Å². The van der Waals surface area contributed by atoms with Crippen LogP contribution in [0.25, 0.3) is 11.1 Å². The number of carboxylic acid groups (broad SMARTS) is 1. The Morgan fingerprint density at radius 3 is 2.26 bits per heavy atom. The van der Waals surface area contributed by atoms with Crippen LogP contribution in [0.15, 0.2) is 48.5 Å². The average molecular weight is 481 g/mol. The second-order valence-corrected chi connectivity index (χ2v) is 9.37. The van der Waals surface area contributed by atoms with Gasteiger partial charge in [-0.25, -0.2) is 4.79 Å². The molecule has 2 amide bonds. The average Bonchev–Trinajstić information content (AvgIpc) is 3.41. The molecule has 0 unspecified atom stereocenters. The zero-order valence-electron chi connectivity index (χ0n) is 20.0. The maximum Gasteiger partial charge on any atom is 0.407 e. The van der Waals surface area contributed by atoms with Crippen LogP contribution in [-0.2, 0) is 19.1 Å². The number of ether oxygens (including phenoxy) is 2. The summed E-state index contributed by atoms with van der Waals surface area (Å²) in [4.78, 5) is 36.7. The summed E-state index contributed by atoms with van der Waals surface area (Å²) in [5, 5.41) is 14.6. The van der Waals surface area contributed by atoms with Gasteiger partial charge in [0.25, 0.3) is 0 Å². The zero-order valence-corrected chi connectivity index (χ0v) is 20.0. The van der Waals surface area contributed by atoms with Gasteiger partial charge >= 0.3 is 12.1 Å². The van der Waals surface area contributed by atoms with Crippen molar-refractivity contribution in [3.8, 4) is 11.1 Å². The van der Waals surface area contributed by atoms with Gasteiger partial charge in [0.2, 0.25) is 5.91 Å². The zero-order chi connectivity index (χ0) is 24.9. The normalized spacial score (nSPS) is 20.4. The van der Waals surface area contributed by atoms with Crippen molar-refractivity contribution in [2.45, 2.75) is 56.7 Å². The second-order valence-electron chi connectivity index (χ2n) is 9.37. The summed E-state index contributed by atoms with van der Waals surface area (Å²) in [6.07, 6.45) is 0.904. The monoisotopic (exact) mass is 480 g/mol. The first-order valence-electron chi connectivity index (χ1n) is 12.0. The first-order chi connectivity index (χ1) is 16.9. The fourth-order valence-corrected chi connectivity index (χ4v) is 5.23. The maximum atomic E-state index is 13.0. The van der Waals surface area contributed by atoms with Crippen molar-refractivity contribution in [1.29, 1.82) is 0 Å². The van der Waals surface area contributed by atoms with Gasteiger partial charge < -0.3 is 25.2 Å². The van der Waals surface area contributed by atoms with Gasteiger partial charge in [-0.05, 0) is 54.4 Å². The summed E-state index contributed by atoms with van der Waals surface area (Å²) >= 11 is 0. The predicted octanol–water partition coefficient (Wildman–Crippen LogP) is 3.69. The minimum atomic E-state index is -0.936. The summed E-state index contributed by atoms with van der Waals surface area (Å²) in [5.41, 5.74) is 4.50. The van der Waals surface area contributed by atoms with Crippen molar-refractivity contribution in [3.63, 3.8) is 0 Å². The SMILES string of the molecule is CO[C@H](C)[C@H](NC(=O)OCC1c2ccccc2-c2ccccc21)C(=O)N[C@@H]1CC[C@H](CC(=O)O)C1. The molecule has 186 valence electrons. The Hall–Kier alpha value is -3.39. The van der Waals surface area contributed by atoms with Gasteiger partial charge in [0.15, 0.2) is 0 Å². The van der Waals surface area contributed by atoms with Crippen molar-refractivity contribution < 1.29 is 29.0 Å². The van der Waals surface area contributed by atoms with Crippen molar-refractivity contribution in [3.05, 3.63) is 59.7 Å². The molecule has 1 saturated carbocycles. The van der Waals surface area contributed by atoms with Crippen LogP contribution in [0.5, 0.6) is 0 Å². The molecule has 2 aliphatic carbocycles. The fraction of sp³-hybridized carbons (Fsp3) is 0.444. The summed E-state index contributed by atoms with van der Waals surface area (Å²) < 4.78 is 10.9. The van der Waals surface area contributed by atoms with E-state index in [0.717, 1.165) is 28.7 Å². The lowest BCUT2D eigenvalue weighted by Gasteiger charge is -2.25. The van der Waals surface area contributed by atoms with E-state index in [4.69, 9.17) is 14.6 Å². The topological polar surface area (TPSA) is 114 Å².